The first-order chi connectivity index (χ1) is 7.36. The largest absolute Gasteiger partial charge is 0.342 e. The lowest BCUT2D eigenvalue weighted by Gasteiger charge is -2.44. The highest BCUT2D eigenvalue weighted by Crippen LogP contribution is 2.41. The fourth-order valence-electron chi connectivity index (χ4n) is 2.44. The smallest absolute Gasteiger partial charge is 0.199 e. The molecule has 0 aliphatic carbocycles. The Morgan fingerprint density at radius 1 is 1.13 bits per heavy atom. The molecule has 0 atom stereocenters. The van der Waals surface area contributed by atoms with Gasteiger partial charge < -0.3 is 9.57 Å². The molecule has 2 heterocycles. The second kappa shape index (κ2) is 5.16. The summed E-state index contributed by atoms with van der Waals surface area (Å²) in [5, 5.41) is 0. The van der Waals surface area contributed by atoms with E-state index in [-0.39, 0.29) is 8.07 Å². The molecule has 0 radical (unpaired) electrons. The van der Waals surface area contributed by atoms with Crippen LogP contribution in [0.15, 0.2) is 4.99 Å². The van der Waals surface area contributed by atoms with Gasteiger partial charge in [0, 0.05) is 26.2 Å². The quantitative estimate of drug-likeness (QED) is 0.688. The summed E-state index contributed by atoms with van der Waals surface area (Å²) in [6, 6.07) is 0. The third-order valence-corrected chi connectivity index (χ3v) is 5.74. The minimum atomic E-state index is 0.0429. The number of hydrogen-bond acceptors (Lipinski definition) is 3. The van der Waals surface area contributed by atoms with Crippen molar-refractivity contribution in [1.82, 2.24) is 9.57 Å². The van der Waals surface area contributed by atoms with Gasteiger partial charge in [-0.25, -0.2) is 0 Å². The first-order valence-corrected chi connectivity index (χ1v) is 7.85. The van der Waals surface area contributed by atoms with Gasteiger partial charge in [-0.05, 0) is 33.2 Å². The molecule has 0 aromatic carbocycles. The van der Waals surface area contributed by atoms with E-state index in [1.807, 2.05) is 0 Å². The molecule has 0 saturated carbocycles. The molecule has 15 heavy (non-hydrogen) atoms. The minimum Gasteiger partial charge on any atom is -0.342 e. The van der Waals surface area contributed by atoms with Gasteiger partial charge in [0.25, 0.3) is 0 Å². The van der Waals surface area contributed by atoms with Crippen molar-refractivity contribution in [2.45, 2.75) is 26.7 Å². The summed E-state index contributed by atoms with van der Waals surface area (Å²) in [5.41, 5.74) is 0. The predicted octanol–water partition coefficient (Wildman–Crippen LogP) is 2.19. The second-order valence-electron chi connectivity index (χ2n) is 4.14. The molecular weight excluding hydrogens is 205 g/mol. The monoisotopic (exact) mass is 227 g/mol. The number of fused-ring (bicyclic) bond motifs is 1. The molecule has 2 aliphatic rings. The zero-order valence-electron chi connectivity index (χ0n) is 9.95. The molecule has 2 aliphatic heterocycles. The first kappa shape index (κ1) is 11.2. The van der Waals surface area contributed by atoms with Crippen molar-refractivity contribution in [3.8, 4) is 0 Å². The number of guanidine groups is 1. The summed E-state index contributed by atoms with van der Waals surface area (Å²) in [6.45, 7) is 9.37. The average Bonchev–Trinajstić information content (AvgIpc) is 2.31. The summed E-state index contributed by atoms with van der Waals surface area (Å²) in [5.74, 6) is 1.32. The van der Waals surface area contributed by atoms with Crippen LogP contribution in [-0.2, 0) is 0 Å². The van der Waals surface area contributed by atoms with Crippen LogP contribution in [-0.4, -0.2) is 54.0 Å². The second-order valence-corrected chi connectivity index (χ2v) is 6.90. The van der Waals surface area contributed by atoms with Gasteiger partial charge in [-0.2, -0.15) is 0 Å². The molecule has 0 aromatic rings. The Balaban J connectivity index is 2.12. The fraction of sp³-hybridized carbons (Fsp3) is 0.909. The van der Waals surface area contributed by atoms with E-state index in [1.165, 1.54) is 50.8 Å². The van der Waals surface area contributed by atoms with Gasteiger partial charge in [-0.1, -0.05) is 13.8 Å². The number of rotatable bonds is 3. The molecule has 0 bridgehead atoms. The molecule has 2 rings (SSSR count). The molecule has 3 nitrogen and oxygen atoms in total. The van der Waals surface area contributed by atoms with Gasteiger partial charge in [0.05, 0.1) is 0 Å². The Bertz CT molecular complexity index is 238. The lowest BCUT2D eigenvalue weighted by atomic mass is 10.2. The molecular formula is C11H22N3P. The maximum absolute atomic E-state index is 4.73. The molecule has 86 valence electrons. The highest BCUT2D eigenvalue weighted by atomic mass is 31.1. The summed E-state index contributed by atoms with van der Waals surface area (Å²) in [4.78, 5) is 7.23. The normalized spacial score (nSPS) is 21.7. The standard InChI is InChI=1S/C11H22N3P/c1-3-15(4-2)14-10-6-9-13-8-5-7-12-11(13)14/h3-10H2,1-2H3. The maximum atomic E-state index is 4.73. The molecule has 4 heteroatoms. The predicted molar refractivity (Wildman–Crippen MR) is 67.8 cm³/mol. The highest BCUT2D eigenvalue weighted by Gasteiger charge is 2.28. The van der Waals surface area contributed by atoms with Crippen molar-refractivity contribution >= 4 is 14.0 Å². The Labute approximate surface area is 94.3 Å². The number of hydrogen-bond donors (Lipinski definition) is 0. The van der Waals surface area contributed by atoms with Crippen LogP contribution < -0.4 is 0 Å². The molecule has 1 fully saturated rings. The van der Waals surface area contributed by atoms with Crippen LogP contribution in [0.5, 0.6) is 0 Å². The average molecular weight is 227 g/mol. The van der Waals surface area contributed by atoms with Crippen molar-refractivity contribution in [2.75, 3.05) is 38.5 Å². The van der Waals surface area contributed by atoms with Gasteiger partial charge in [-0.3, -0.25) is 4.99 Å². The van der Waals surface area contributed by atoms with E-state index in [0.717, 1.165) is 6.54 Å². The van der Waals surface area contributed by atoms with Gasteiger partial charge in [0.1, 0.15) is 0 Å². The van der Waals surface area contributed by atoms with Crippen molar-refractivity contribution in [2.24, 2.45) is 4.99 Å². The van der Waals surface area contributed by atoms with E-state index in [4.69, 9.17) is 4.99 Å². The molecule has 0 spiro atoms. The Kier molecular flexibility index (Phi) is 3.85. The number of nitrogens with zero attached hydrogens (tertiary/aromatic N) is 3. The molecule has 0 N–H and O–H groups in total. The minimum absolute atomic E-state index is 0.0429. The zero-order valence-corrected chi connectivity index (χ0v) is 10.8. The van der Waals surface area contributed by atoms with Crippen LogP contribution in [0.3, 0.4) is 0 Å². The SMILES string of the molecule is CCP(CC)N1CCCN2CCCN=C21. The van der Waals surface area contributed by atoms with E-state index in [1.54, 1.807) is 0 Å². The van der Waals surface area contributed by atoms with Crippen LogP contribution in [0.4, 0.5) is 0 Å². The lowest BCUT2D eigenvalue weighted by Crippen LogP contribution is -2.50. The van der Waals surface area contributed by atoms with Crippen molar-refractivity contribution in [3.05, 3.63) is 0 Å². The van der Waals surface area contributed by atoms with Crippen LogP contribution in [0.25, 0.3) is 0 Å². The topological polar surface area (TPSA) is 18.8 Å². The Morgan fingerprint density at radius 2 is 1.87 bits per heavy atom. The van der Waals surface area contributed by atoms with Crippen LogP contribution in [0, 0.1) is 0 Å². The van der Waals surface area contributed by atoms with Crippen molar-refractivity contribution in [1.29, 1.82) is 0 Å². The van der Waals surface area contributed by atoms with Gasteiger partial charge in [0.15, 0.2) is 5.96 Å². The molecule has 0 amide bonds. The Morgan fingerprint density at radius 3 is 2.60 bits per heavy atom. The summed E-state index contributed by atoms with van der Waals surface area (Å²) in [6.07, 6.45) is 5.17. The van der Waals surface area contributed by atoms with E-state index in [2.05, 4.69) is 23.4 Å². The van der Waals surface area contributed by atoms with E-state index in [9.17, 15) is 0 Å². The fourth-order valence-corrected chi connectivity index (χ4v) is 4.44. The molecule has 1 saturated heterocycles. The summed E-state index contributed by atoms with van der Waals surface area (Å²) < 4.78 is 2.61. The van der Waals surface area contributed by atoms with Crippen molar-refractivity contribution in [3.63, 3.8) is 0 Å². The molecule has 0 aromatic heterocycles. The highest BCUT2D eigenvalue weighted by molar-refractivity contribution is 7.55. The van der Waals surface area contributed by atoms with Gasteiger partial charge in [-0.15, -0.1) is 0 Å². The zero-order chi connectivity index (χ0) is 10.7. The van der Waals surface area contributed by atoms with E-state index < -0.39 is 0 Å². The molecule has 0 unspecified atom stereocenters. The van der Waals surface area contributed by atoms with Crippen molar-refractivity contribution < 1.29 is 0 Å². The maximum Gasteiger partial charge on any atom is 0.199 e. The van der Waals surface area contributed by atoms with Gasteiger partial charge >= 0.3 is 0 Å². The third-order valence-electron chi connectivity index (χ3n) is 3.22. The van der Waals surface area contributed by atoms with Gasteiger partial charge in [0.2, 0.25) is 0 Å². The Hall–Kier alpha value is -0.300. The first-order valence-electron chi connectivity index (χ1n) is 6.18. The van der Waals surface area contributed by atoms with Crippen LogP contribution in [0.2, 0.25) is 0 Å². The lowest BCUT2D eigenvalue weighted by molar-refractivity contribution is 0.305. The van der Waals surface area contributed by atoms with Crippen LogP contribution in [0.1, 0.15) is 26.7 Å². The third kappa shape index (κ3) is 2.28. The summed E-state index contributed by atoms with van der Waals surface area (Å²) in [7, 11) is 0.0429. The summed E-state index contributed by atoms with van der Waals surface area (Å²) >= 11 is 0. The van der Waals surface area contributed by atoms with E-state index in [0.29, 0.717) is 0 Å². The number of aliphatic imine (C=N–C) groups is 1. The van der Waals surface area contributed by atoms with Crippen LogP contribution >= 0.6 is 8.07 Å². The van der Waals surface area contributed by atoms with E-state index >= 15 is 0 Å².